The lowest BCUT2D eigenvalue weighted by Gasteiger charge is -2.13. The van der Waals surface area contributed by atoms with Gasteiger partial charge < -0.3 is 10.1 Å². The molecule has 1 aliphatic rings. The molecule has 2 nitrogen and oxygen atoms in total. The zero-order valence-corrected chi connectivity index (χ0v) is 11.0. The van der Waals surface area contributed by atoms with Crippen LogP contribution in [0.3, 0.4) is 0 Å². The second-order valence-electron chi connectivity index (χ2n) is 3.58. The fourth-order valence-corrected chi connectivity index (χ4v) is 2.32. The Balaban J connectivity index is 0.00000112. The Morgan fingerprint density at radius 2 is 2.27 bits per heavy atom. The number of hydrogen-bond donors (Lipinski definition) is 1. The van der Waals surface area contributed by atoms with Crippen LogP contribution in [-0.4, -0.2) is 20.2 Å². The average molecular weight is 293 g/mol. The largest absolute Gasteiger partial charge is 0.496 e. The number of ether oxygens (including phenoxy) is 1. The van der Waals surface area contributed by atoms with E-state index in [2.05, 4.69) is 27.3 Å². The average Bonchev–Trinajstić information content (AvgIpc) is 2.70. The van der Waals surface area contributed by atoms with E-state index in [1.807, 2.05) is 12.1 Å². The standard InChI is InChI=1S/C11H14BrNO.ClH/c1-14-11-3-2-9(12)6-10(11)8-4-5-13-7-8;/h2-3,6,8,13H,4-5,7H2,1H3;1H. The summed E-state index contributed by atoms with van der Waals surface area (Å²) >= 11 is 3.50. The molecule has 1 N–H and O–H groups in total. The lowest BCUT2D eigenvalue weighted by atomic mass is 9.97. The van der Waals surface area contributed by atoms with Gasteiger partial charge in [-0.3, -0.25) is 0 Å². The molecule has 2 rings (SSSR count). The predicted octanol–water partition coefficient (Wildman–Crippen LogP) is 2.96. The van der Waals surface area contributed by atoms with Gasteiger partial charge in [0.2, 0.25) is 0 Å². The van der Waals surface area contributed by atoms with Crippen LogP contribution in [0.4, 0.5) is 0 Å². The molecule has 84 valence electrons. The highest BCUT2D eigenvalue weighted by Gasteiger charge is 2.20. The van der Waals surface area contributed by atoms with E-state index in [1.54, 1.807) is 7.11 Å². The second kappa shape index (κ2) is 5.73. The fraction of sp³-hybridized carbons (Fsp3) is 0.455. The molecule has 1 atom stereocenters. The molecule has 1 unspecified atom stereocenters. The van der Waals surface area contributed by atoms with E-state index in [4.69, 9.17) is 4.74 Å². The molecule has 0 radical (unpaired) electrons. The van der Waals surface area contributed by atoms with Gasteiger partial charge >= 0.3 is 0 Å². The monoisotopic (exact) mass is 291 g/mol. The number of nitrogens with one attached hydrogen (secondary N) is 1. The topological polar surface area (TPSA) is 21.3 Å². The fourth-order valence-electron chi connectivity index (χ4n) is 1.94. The van der Waals surface area contributed by atoms with Crippen molar-refractivity contribution in [3.63, 3.8) is 0 Å². The van der Waals surface area contributed by atoms with E-state index in [0.29, 0.717) is 5.92 Å². The summed E-state index contributed by atoms with van der Waals surface area (Å²) in [5.41, 5.74) is 1.31. The van der Waals surface area contributed by atoms with Crippen molar-refractivity contribution in [1.29, 1.82) is 0 Å². The molecular weight excluding hydrogens is 277 g/mol. The van der Waals surface area contributed by atoms with Gasteiger partial charge in [-0.2, -0.15) is 0 Å². The van der Waals surface area contributed by atoms with Crippen molar-refractivity contribution < 1.29 is 4.74 Å². The minimum Gasteiger partial charge on any atom is -0.496 e. The van der Waals surface area contributed by atoms with E-state index in [1.165, 1.54) is 12.0 Å². The van der Waals surface area contributed by atoms with Crippen molar-refractivity contribution in [3.8, 4) is 5.75 Å². The molecule has 0 bridgehead atoms. The number of benzene rings is 1. The number of rotatable bonds is 2. The van der Waals surface area contributed by atoms with Crippen molar-refractivity contribution in [2.24, 2.45) is 0 Å². The van der Waals surface area contributed by atoms with Crippen LogP contribution in [0.1, 0.15) is 17.9 Å². The summed E-state index contributed by atoms with van der Waals surface area (Å²) in [6, 6.07) is 6.21. The molecule has 0 aliphatic carbocycles. The molecule has 0 amide bonds. The SMILES string of the molecule is COc1ccc(Br)cc1C1CCNC1.Cl. The quantitative estimate of drug-likeness (QED) is 0.905. The van der Waals surface area contributed by atoms with Gasteiger partial charge in [-0.1, -0.05) is 15.9 Å². The maximum atomic E-state index is 5.36. The van der Waals surface area contributed by atoms with Crippen LogP contribution < -0.4 is 10.1 Å². The molecule has 1 aromatic carbocycles. The second-order valence-corrected chi connectivity index (χ2v) is 4.49. The Morgan fingerprint density at radius 1 is 1.47 bits per heavy atom. The van der Waals surface area contributed by atoms with Crippen LogP contribution in [0.2, 0.25) is 0 Å². The van der Waals surface area contributed by atoms with Gasteiger partial charge in [0.25, 0.3) is 0 Å². The third-order valence-electron chi connectivity index (χ3n) is 2.69. The summed E-state index contributed by atoms with van der Waals surface area (Å²) in [6.07, 6.45) is 1.20. The smallest absolute Gasteiger partial charge is 0.122 e. The van der Waals surface area contributed by atoms with Crippen LogP contribution in [0.25, 0.3) is 0 Å². The molecule has 1 fully saturated rings. The Kier molecular flexibility index (Phi) is 4.90. The maximum Gasteiger partial charge on any atom is 0.122 e. The van der Waals surface area contributed by atoms with Crippen molar-refractivity contribution >= 4 is 28.3 Å². The first kappa shape index (κ1) is 12.8. The summed E-state index contributed by atoms with van der Waals surface area (Å²) < 4.78 is 6.49. The predicted molar refractivity (Wildman–Crippen MR) is 68.2 cm³/mol. The van der Waals surface area contributed by atoms with Crippen LogP contribution in [0.5, 0.6) is 5.75 Å². The van der Waals surface area contributed by atoms with E-state index < -0.39 is 0 Å². The molecule has 0 aromatic heterocycles. The molecule has 4 heteroatoms. The van der Waals surface area contributed by atoms with Crippen molar-refractivity contribution in [1.82, 2.24) is 5.32 Å². The Labute approximate surface area is 105 Å². The van der Waals surface area contributed by atoms with Gasteiger partial charge in [0.05, 0.1) is 7.11 Å². The number of methoxy groups -OCH3 is 1. The maximum absolute atomic E-state index is 5.36. The first-order chi connectivity index (χ1) is 6.81. The van der Waals surface area contributed by atoms with Gasteiger partial charge in [-0.15, -0.1) is 12.4 Å². The summed E-state index contributed by atoms with van der Waals surface area (Å²) in [5.74, 6) is 1.60. The normalized spacial score (nSPS) is 19.7. The lowest BCUT2D eigenvalue weighted by Crippen LogP contribution is -2.08. The van der Waals surface area contributed by atoms with Gasteiger partial charge in [-0.25, -0.2) is 0 Å². The van der Waals surface area contributed by atoms with Crippen molar-refractivity contribution in [2.45, 2.75) is 12.3 Å². The summed E-state index contributed by atoms with van der Waals surface area (Å²) in [4.78, 5) is 0. The third kappa shape index (κ3) is 2.86. The molecule has 1 heterocycles. The van der Waals surface area contributed by atoms with Crippen LogP contribution >= 0.6 is 28.3 Å². The Morgan fingerprint density at radius 3 is 2.87 bits per heavy atom. The number of halogens is 2. The molecule has 0 spiro atoms. The zero-order chi connectivity index (χ0) is 9.97. The highest BCUT2D eigenvalue weighted by Crippen LogP contribution is 2.32. The van der Waals surface area contributed by atoms with Crippen LogP contribution in [-0.2, 0) is 0 Å². The van der Waals surface area contributed by atoms with Crippen molar-refractivity contribution in [3.05, 3.63) is 28.2 Å². The molecule has 1 aromatic rings. The van der Waals surface area contributed by atoms with E-state index in [-0.39, 0.29) is 12.4 Å². The zero-order valence-electron chi connectivity index (χ0n) is 8.63. The summed E-state index contributed by atoms with van der Waals surface area (Å²) in [6.45, 7) is 2.17. The summed E-state index contributed by atoms with van der Waals surface area (Å²) in [7, 11) is 1.73. The molecule has 0 saturated carbocycles. The third-order valence-corrected chi connectivity index (χ3v) is 3.19. The lowest BCUT2D eigenvalue weighted by molar-refractivity contribution is 0.406. The first-order valence-electron chi connectivity index (χ1n) is 4.85. The number of hydrogen-bond acceptors (Lipinski definition) is 2. The Hall–Kier alpha value is -0.250. The van der Waals surface area contributed by atoms with Crippen molar-refractivity contribution in [2.75, 3.05) is 20.2 Å². The van der Waals surface area contributed by atoms with Gasteiger partial charge in [0.1, 0.15) is 5.75 Å². The molecule has 15 heavy (non-hydrogen) atoms. The van der Waals surface area contributed by atoms with E-state index >= 15 is 0 Å². The minimum atomic E-state index is 0. The molecule has 1 saturated heterocycles. The van der Waals surface area contributed by atoms with Crippen LogP contribution in [0, 0.1) is 0 Å². The summed E-state index contributed by atoms with van der Waals surface area (Å²) in [5, 5.41) is 3.37. The van der Waals surface area contributed by atoms with E-state index in [9.17, 15) is 0 Å². The molecule has 1 aliphatic heterocycles. The molecular formula is C11H15BrClNO. The van der Waals surface area contributed by atoms with Gasteiger partial charge in [-0.05, 0) is 36.7 Å². The highest BCUT2D eigenvalue weighted by molar-refractivity contribution is 9.10. The highest BCUT2D eigenvalue weighted by atomic mass is 79.9. The van der Waals surface area contributed by atoms with Gasteiger partial charge in [0, 0.05) is 16.9 Å². The minimum absolute atomic E-state index is 0. The van der Waals surface area contributed by atoms with Crippen LogP contribution in [0.15, 0.2) is 22.7 Å². The van der Waals surface area contributed by atoms with Gasteiger partial charge in [0.15, 0.2) is 0 Å². The first-order valence-corrected chi connectivity index (χ1v) is 5.64. The van der Waals surface area contributed by atoms with E-state index in [0.717, 1.165) is 23.3 Å². The Bertz CT molecular complexity index is 326.